The summed E-state index contributed by atoms with van der Waals surface area (Å²) in [5, 5.41) is 0.784. The number of hydrogen-bond acceptors (Lipinski definition) is 5. The molecule has 0 aliphatic rings. The molecule has 3 rings (SSSR count). The molecular formula is C19H15NO3S. The topological polar surface area (TPSA) is 56.3 Å². The van der Waals surface area contributed by atoms with E-state index in [9.17, 15) is 9.59 Å². The highest BCUT2D eigenvalue weighted by atomic mass is 32.1. The molecule has 0 aliphatic carbocycles. The van der Waals surface area contributed by atoms with Crippen LogP contribution < -0.4 is 4.74 Å². The van der Waals surface area contributed by atoms with Gasteiger partial charge in [0.05, 0.1) is 5.69 Å². The van der Waals surface area contributed by atoms with Crippen molar-refractivity contribution in [2.45, 2.75) is 13.8 Å². The van der Waals surface area contributed by atoms with Crippen LogP contribution in [0.25, 0.3) is 10.6 Å². The van der Waals surface area contributed by atoms with E-state index in [1.807, 2.05) is 30.3 Å². The van der Waals surface area contributed by atoms with Crippen LogP contribution in [0.1, 0.15) is 32.6 Å². The van der Waals surface area contributed by atoms with E-state index >= 15 is 0 Å². The molecule has 0 radical (unpaired) electrons. The second-order valence-corrected chi connectivity index (χ2v) is 6.27. The van der Waals surface area contributed by atoms with Crippen LogP contribution in [0, 0.1) is 6.92 Å². The standard InChI is InChI=1S/C19H15NO3S/c1-12-17(24-18(20-12)15-6-4-3-5-7-15)19(22)23-16-10-8-14(9-11-16)13(2)21/h3-11H,1-2H3. The Bertz CT molecular complexity index is 883. The molecule has 3 aromatic rings. The molecule has 0 saturated carbocycles. The minimum atomic E-state index is -0.442. The predicted molar refractivity (Wildman–Crippen MR) is 93.7 cm³/mol. The second-order valence-electron chi connectivity index (χ2n) is 5.27. The first-order valence-electron chi connectivity index (χ1n) is 7.40. The van der Waals surface area contributed by atoms with Crippen LogP contribution in [-0.2, 0) is 0 Å². The average molecular weight is 337 g/mol. The summed E-state index contributed by atoms with van der Waals surface area (Å²) >= 11 is 1.31. The van der Waals surface area contributed by atoms with Gasteiger partial charge in [-0.3, -0.25) is 4.79 Å². The van der Waals surface area contributed by atoms with Gasteiger partial charge in [-0.05, 0) is 38.1 Å². The summed E-state index contributed by atoms with van der Waals surface area (Å²) in [6.45, 7) is 3.28. The lowest BCUT2D eigenvalue weighted by atomic mass is 10.1. The Labute approximate surface area is 143 Å². The first-order chi connectivity index (χ1) is 11.5. The first-order valence-corrected chi connectivity index (χ1v) is 8.22. The van der Waals surface area contributed by atoms with Crippen LogP contribution in [0.4, 0.5) is 0 Å². The number of ketones is 1. The lowest BCUT2D eigenvalue weighted by Gasteiger charge is -2.03. The number of esters is 1. The smallest absolute Gasteiger partial charge is 0.355 e. The quantitative estimate of drug-likeness (QED) is 0.398. The van der Waals surface area contributed by atoms with E-state index in [0.717, 1.165) is 10.6 Å². The fourth-order valence-corrected chi connectivity index (χ4v) is 3.15. The Morgan fingerprint density at radius 1 is 1.00 bits per heavy atom. The van der Waals surface area contributed by atoms with Crippen molar-refractivity contribution in [3.63, 3.8) is 0 Å². The average Bonchev–Trinajstić information content (AvgIpc) is 2.98. The van der Waals surface area contributed by atoms with Gasteiger partial charge in [0.15, 0.2) is 5.78 Å². The van der Waals surface area contributed by atoms with E-state index in [-0.39, 0.29) is 5.78 Å². The third-order valence-electron chi connectivity index (χ3n) is 3.47. The van der Waals surface area contributed by atoms with Gasteiger partial charge in [0.1, 0.15) is 15.6 Å². The van der Waals surface area contributed by atoms with Crippen molar-refractivity contribution in [3.05, 3.63) is 70.7 Å². The zero-order chi connectivity index (χ0) is 17.1. The molecule has 0 saturated heterocycles. The molecule has 0 bridgehead atoms. The number of rotatable bonds is 4. The zero-order valence-corrected chi connectivity index (χ0v) is 14.1. The monoisotopic (exact) mass is 337 g/mol. The van der Waals surface area contributed by atoms with Gasteiger partial charge in [-0.1, -0.05) is 30.3 Å². The first kappa shape index (κ1) is 16.1. The van der Waals surface area contributed by atoms with E-state index in [0.29, 0.717) is 21.9 Å². The molecule has 4 nitrogen and oxygen atoms in total. The SMILES string of the molecule is CC(=O)c1ccc(OC(=O)c2sc(-c3ccccc3)nc2C)cc1. The number of carbonyl (C=O) groups is 2. The number of nitrogens with zero attached hydrogens (tertiary/aromatic N) is 1. The molecule has 5 heteroatoms. The van der Waals surface area contributed by atoms with Crippen molar-refractivity contribution in [1.82, 2.24) is 4.98 Å². The van der Waals surface area contributed by atoms with Gasteiger partial charge in [0, 0.05) is 11.1 Å². The second kappa shape index (κ2) is 6.76. The van der Waals surface area contributed by atoms with Gasteiger partial charge >= 0.3 is 5.97 Å². The van der Waals surface area contributed by atoms with Crippen LogP contribution in [0.2, 0.25) is 0 Å². The van der Waals surface area contributed by atoms with Gasteiger partial charge in [-0.25, -0.2) is 9.78 Å². The number of thiazole rings is 1. The summed E-state index contributed by atoms with van der Waals surface area (Å²) in [5.41, 5.74) is 2.19. The Hall–Kier alpha value is -2.79. The van der Waals surface area contributed by atoms with Crippen LogP contribution >= 0.6 is 11.3 Å². The summed E-state index contributed by atoms with van der Waals surface area (Å²) in [6.07, 6.45) is 0. The molecule has 0 spiro atoms. The van der Waals surface area contributed by atoms with Crippen LogP contribution in [0.3, 0.4) is 0 Å². The number of Topliss-reactive ketones (excluding diaryl/α,β-unsaturated/α-hetero) is 1. The molecule has 1 heterocycles. The van der Waals surface area contributed by atoms with Crippen molar-refractivity contribution < 1.29 is 14.3 Å². The molecule has 0 unspecified atom stereocenters. The Kier molecular flexibility index (Phi) is 4.53. The maximum Gasteiger partial charge on any atom is 0.355 e. The molecule has 120 valence electrons. The normalized spacial score (nSPS) is 10.4. The molecule has 2 aromatic carbocycles. The van der Waals surface area contributed by atoms with Gasteiger partial charge in [0.25, 0.3) is 0 Å². The summed E-state index contributed by atoms with van der Waals surface area (Å²) in [5.74, 6) is -0.0690. The largest absolute Gasteiger partial charge is 0.422 e. The molecule has 0 atom stereocenters. The number of aryl methyl sites for hydroxylation is 1. The third-order valence-corrected chi connectivity index (χ3v) is 4.66. The highest BCUT2D eigenvalue weighted by molar-refractivity contribution is 7.17. The summed E-state index contributed by atoms with van der Waals surface area (Å²) in [4.78, 5) is 28.6. The maximum absolute atomic E-state index is 12.4. The minimum absolute atomic E-state index is 0.0290. The van der Waals surface area contributed by atoms with Crippen molar-refractivity contribution >= 4 is 23.1 Å². The maximum atomic E-state index is 12.4. The highest BCUT2D eigenvalue weighted by Gasteiger charge is 2.18. The fourth-order valence-electron chi connectivity index (χ4n) is 2.20. The van der Waals surface area contributed by atoms with E-state index in [1.165, 1.54) is 18.3 Å². The zero-order valence-electron chi connectivity index (χ0n) is 13.3. The Morgan fingerprint density at radius 2 is 1.67 bits per heavy atom. The van der Waals surface area contributed by atoms with Crippen LogP contribution in [0.5, 0.6) is 5.75 Å². The van der Waals surface area contributed by atoms with Crippen molar-refractivity contribution in [3.8, 4) is 16.3 Å². The van der Waals surface area contributed by atoms with Crippen LogP contribution in [-0.4, -0.2) is 16.7 Å². The van der Waals surface area contributed by atoms with E-state index in [4.69, 9.17) is 4.74 Å². The van der Waals surface area contributed by atoms with Gasteiger partial charge in [-0.2, -0.15) is 0 Å². The molecule has 24 heavy (non-hydrogen) atoms. The lowest BCUT2D eigenvalue weighted by Crippen LogP contribution is -2.08. The molecule has 0 N–H and O–H groups in total. The third kappa shape index (κ3) is 3.41. The summed E-state index contributed by atoms with van der Waals surface area (Å²) in [6, 6.07) is 16.2. The Morgan fingerprint density at radius 3 is 2.29 bits per heavy atom. The molecule has 0 amide bonds. The number of aromatic nitrogens is 1. The number of ether oxygens (including phenoxy) is 1. The molecule has 1 aromatic heterocycles. The van der Waals surface area contributed by atoms with Gasteiger partial charge in [0.2, 0.25) is 0 Å². The number of hydrogen-bond donors (Lipinski definition) is 0. The predicted octanol–water partition coefficient (Wildman–Crippen LogP) is 4.54. The van der Waals surface area contributed by atoms with Gasteiger partial charge < -0.3 is 4.74 Å². The number of benzene rings is 2. The molecule has 0 aliphatic heterocycles. The van der Waals surface area contributed by atoms with Crippen molar-refractivity contribution in [2.24, 2.45) is 0 Å². The van der Waals surface area contributed by atoms with Gasteiger partial charge in [-0.15, -0.1) is 11.3 Å². The van der Waals surface area contributed by atoms with Crippen LogP contribution in [0.15, 0.2) is 54.6 Å². The molecular weight excluding hydrogens is 322 g/mol. The summed E-state index contributed by atoms with van der Waals surface area (Å²) < 4.78 is 5.39. The molecule has 0 fully saturated rings. The van der Waals surface area contributed by atoms with Crippen molar-refractivity contribution in [2.75, 3.05) is 0 Å². The summed E-state index contributed by atoms with van der Waals surface area (Å²) in [7, 11) is 0. The van der Waals surface area contributed by atoms with E-state index < -0.39 is 5.97 Å². The number of carbonyl (C=O) groups excluding carboxylic acids is 2. The fraction of sp³-hybridized carbons (Fsp3) is 0.105. The lowest BCUT2D eigenvalue weighted by molar-refractivity contribution is 0.0739. The van der Waals surface area contributed by atoms with Crippen molar-refractivity contribution in [1.29, 1.82) is 0 Å². The van der Waals surface area contributed by atoms with E-state index in [1.54, 1.807) is 31.2 Å². The minimum Gasteiger partial charge on any atom is -0.422 e. The highest BCUT2D eigenvalue weighted by Crippen LogP contribution is 2.28. The Balaban J connectivity index is 1.80. The van der Waals surface area contributed by atoms with E-state index in [2.05, 4.69) is 4.98 Å².